The molecule has 0 aliphatic rings. The molecule has 4 aromatic rings. The number of hydrogen-bond donors (Lipinski definition) is 1. The van der Waals surface area contributed by atoms with Crippen LogP contribution < -0.4 is 16.6 Å². The van der Waals surface area contributed by atoms with Gasteiger partial charge < -0.3 is 5.32 Å². The van der Waals surface area contributed by atoms with E-state index in [1.165, 1.54) is 36.4 Å². The van der Waals surface area contributed by atoms with Crippen LogP contribution in [-0.2, 0) is 6.54 Å². The van der Waals surface area contributed by atoms with Crippen molar-refractivity contribution in [3.63, 3.8) is 0 Å². The molecule has 1 aromatic heterocycles. The number of nitrogens with zero attached hydrogens (tertiary/aromatic N) is 3. The second-order valence-corrected chi connectivity index (χ2v) is 7.33. The van der Waals surface area contributed by atoms with E-state index >= 15 is 0 Å². The van der Waals surface area contributed by atoms with E-state index in [9.17, 15) is 23.2 Å². The number of benzene rings is 3. The van der Waals surface area contributed by atoms with Gasteiger partial charge in [-0.25, -0.2) is 13.6 Å². The summed E-state index contributed by atoms with van der Waals surface area (Å²) < 4.78 is 29.4. The third-order valence-electron chi connectivity index (χ3n) is 4.92. The molecule has 0 spiro atoms. The lowest BCUT2D eigenvalue weighted by molar-refractivity contribution is 0.101. The quantitative estimate of drug-likeness (QED) is 0.508. The molecule has 0 aliphatic heterocycles. The number of anilines is 1. The number of hydrogen-bond acceptors (Lipinski definition) is 4. The molecule has 1 amide bonds. The third kappa shape index (κ3) is 4.62. The number of rotatable bonds is 5. The molecule has 4 rings (SSSR count). The second kappa shape index (κ2) is 8.99. The van der Waals surface area contributed by atoms with Crippen molar-refractivity contribution >= 4 is 11.6 Å². The van der Waals surface area contributed by atoms with Crippen LogP contribution in [0.2, 0.25) is 0 Å². The van der Waals surface area contributed by atoms with Crippen LogP contribution in [0.5, 0.6) is 0 Å². The third-order valence-corrected chi connectivity index (χ3v) is 4.92. The van der Waals surface area contributed by atoms with Crippen LogP contribution in [0.25, 0.3) is 5.69 Å². The van der Waals surface area contributed by atoms with Crippen LogP contribution >= 0.6 is 0 Å². The lowest BCUT2D eigenvalue weighted by atomic mass is 10.2. The molecule has 9 heteroatoms. The Kier molecular flexibility index (Phi) is 5.95. The van der Waals surface area contributed by atoms with Crippen LogP contribution in [0.4, 0.5) is 14.5 Å². The maximum atomic E-state index is 14.2. The monoisotopic (exact) mass is 448 g/mol. The standard InChI is InChI=1S/C24H18F2N4O3/c1-15-9-11-19(12-10-15)30-24(33)29(14-16-5-2-3-8-20(16)26)23(32)21(28-30)22(31)27-18-7-4-6-17(25)13-18/h2-13H,14H2,1H3,(H,27,31). The first-order valence-electron chi connectivity index (χ1n) is 9.95. The average Bonchev–Trinajstić information content (AvgIpc) is 2.78. The van der Waals surface area contributed by atoms with Gasteiger partial charge in [0.25, 0.3) is 11.5 Å². The minimum absolute atomic E-state index is 0.0924. The van der Waals surface area contributed by atoms with Gasteiger partial charge in [-0.05, 0) is 43.3 Å². The Bertz CT molecular complexity index is 1460. The fraction of sp³-hybridized carbons (Fsp3) is 0.0833. The predicted octanol–water partition coefficient (Wildman–Crippen LogP) is 3.28. The molecule has 7 nitrogen and oxygen atoms in total. The summed E-state index contributed by atoms with van der Waals surface area (Å²) in [7, 11) is 0. The van der Waals surface area contributed by atoms with Crippen LogP contribution in [0.15, 0.2) is 82.4 Å². The molecule has 0 atom stereocenters. The van der Waals surface area contributed by atoms with Crippen molar-refractivity contribution in [3.8, 4) is 5.69 Å². The number of aryl methyl sites for hydroxylation is 1. The minimum atomic E-state index is -1.000. The molecule has 1 heterocycles. The summed E-state index contributed by atoms with van der Waals surface area (Å²) in [4.78, 5) is 39.1. The molecule has 33 heavy (non-hydrogen) atoms. The molecule has 0 radical (unpaired) electrons. The van der Waals surface area contributed by atoms with Crippen molar-refractivity contribution in [2.24, 2.45) is 0 Å². The molecule has 0 bridgehead atoms. The van der Waals surface area contributed by atoms with Gasteiger partial charge in [0.05, 0.1) is 12.2 Å². The smallest absolute Gasteiger partial charge is 0.320 e. The summed E-state index contributed by atoms with van der Waals surface area (Å²) in [5, 5.41) is 6.39. The van der Waals surface area contributed by atoms with Gasteiger partial charge in [0.2, 0.25) is 5.69 Å². The summed E-state index contributed by atoms with van der Waals surface area (Å²) in [6.45, 7) is 1.45. The van der Waals surface area contributed by atoms with E-state index in [2.05, 4.69) is 10.4 Å². The molecular formula is C24H18F2N4O3. The Morgan fingerprint density at radius 1 is 0.970 bits per heavy atom. The molecule has 0 unspecified atom stereocenters. The minimum Gasteiger partial charge on any atom is -0.320 e. The Hall–Kier alpha value is -4.40. The van der Waals surface area contributed by atoms with E-state index in [4.69, 9.17) is 0 Å². The highest BCUT2D eigenvalue weighted by molar-refractivity contribution is 6.02. The largest absolute Gasteiger partial charge is 0.352 e. The van der Waals surface area contributed by atoms with E-state index in [0.29, 0.717) is 5.69 Å². The summed E-state index contributed by atoms with van der Waals surface area (Å²) in [5.41, 5.74) is -1.00. The first kappa shape index (κ1) is 21.8. The Labute approximate surface area is 186 Å². The SMILES string of the molecule is Cc1ccc(-n2nc(C(=O)Nc3cccc(F)c3)c(=O)n(Cc3ccccc3F)c2=O)cc1. The lowest BCUT2D eigenvalue weighted by Crippen LogP contribution is -2.45. The van der Waals surface area contributed by atoms with Gasteiger partial charge in [0, 0.05) is 11.3 Å². The Morgan fingerprint density at radius 3 is 2.39 bits per heavy atom. The topological polar surface area (TPSA) is 86.0 Å². The summed E-state index contributed by atoms with van der Waals surface area (Å²) in [5.74, 6) is -2.12. The van der Waals surface area contributed by atoms with Gasteiger partial charge in [-0.1, -0.05) is 42.0 Å². The van der Waals surface area contributed by atoms with E-state index in [1.807, 2.05) is 6.92 Å². The molecule has 0 saturated heterocycles. The predicted molar refractivity (Wildman–Crippen MR) is 119 cm³/mol. The van der Waals surface area contributed by atoms with Crippen molar-refractivity contribution in [1.82, 2.24) is 14.3 Å². The molecular weight excluding hydrogens is 430 g/mol. The summed E-state index contributed by atoms with van der Waals surface area (Å²) >= 11 is 0. The highest BCUT2D eigenvalue weighted by Gasteiger charge is 2.21. The first-order valence-corrected chi connectivity index (χ1v) is 9.95. The molecule has 3 aromatic carbocycles. The van der Waals surface area contributed by atoms with Gasteiger partial charge in [-0.15, -0.1) is 0 Å². The zero-order valence-electron chi connectivity index (χ0n) is 17.5. The van der Waals surface area contributed by atoms with Gasteiger partial charge in [-0.3, -0.25) is 14.2 Å². The number of carbonyl (C=O) groups is 1. The highest BCUT2D eigenvalue weighted by atomic mass is 19.1. The number of amides is 1. The molecule has 166 valence electrons. The average molecular weight is 448 g/mol. The van der Waals surface area contributed by atoms with Gasteiger partial charge >= 0.3 is 5.69 Å². The van der Waals surface area contributed by atoms with E-state index in [0.717, 1.165) is 20.9 Å². The Balaban J connectivity index is 1.86. The number of halogens is 2. The Morgan fingerprint density at radius 2 is 1.70 bits per heavy atom. The van der Waals surface area contributed by atoms with Crippen LogP contribution in [-0.4, -0.2) is 20.3 Å². The zero-order valence-corrected chi connectivity index (χ0v) is 17.5. The van der Waals surface area contributed by atoms with E-state index in [1.54, 1.807) is 30.3 Å². The normalized spacial score (nSPS) is 10.8. The summed E-state index contributed by atoms with van der Waals surface area (Å²) in [6, 6.07) is 17.5. The zero-order chi connectivity index (χ0) is 23.5. The van der Waals surface area contributed by atoms with Crippen molar-refractivity contribution in [3.05, 3.63) is 122 Å². The maximum Gasteiger partial charge on any atom is 0.352 e. The fourth-order valence-corrected chi connectivity index (χ4v) is 3.20. The lowest BCUT2D eigenvalue weighted by Gasteiger charge is -2.13. The molecule has 0 saturated carbocycles. The summed E-state index contributed by atoms with van der Waals surface area (Å²) in [6.07, 6.45) is 0. The van der Waals surface area contributed by atoms with Crippen molar-refractivity contribution in [1.29, 1.82) is 0 Å². The highest BCUT2D eigenvalue weighted by Crippen LogP contribution is 2.11. The van der Waals surface area contributed by atoms with Crippen molar-refractivity contribution in [2.45, 2.75) is 13.5 Å². The fourth-order valence-electron chi connectivity index (χ4n) is 3.20. The van der Waals surface area contributed by atoms with Crippen molar-refractivity contribution < 1.29 is 13.6 Å². The van der Waals surface area contributed by atoms with Gasteiger partial charge in [0.15, 0.2) is 0 Å². The molecule has 1 N–H and O–H groups in total. The van der Waals surface area contributed by atoms with Gasteiger partial charge in [0.1, 0.15) is 11.6 Å². The number of aromatic nitrogens is 3. The first-order chi connectivity index (χ1) is 15.8. The molecule has 0 fully saturated rings. The molecule has 0 aliphatic carbocycles. The maximum absolute atomic E-state index is 14.2. The van der Waals surface area contributed by atoms with Crippen LogP contribution in [0.1, 0.15) is 21.6 Å². The van der Waals surface area contributed by atoms with Crippen LogP contribution in [0, 0.1) is 18.6 Å². The second-order valence-electron chi connectivity index (χ2n) is 7.33. The van der Waals surface area contributed by atoms with Gasteiger partial charge in [-0.2, -0.15) is 9.78 Å². The number of carbonyl (C=O) groups excluding carboxylic acids is 1. The van der Waals surface area contributed by atoms with Crippen molar-refractivity contribution in [2.75, 3.05) is 5.32 Å². The number of nitrogens with one attached hydrogen (secondary N) is 1. The van der Waals surface area contributed by atoms with Crippen LogP contribution in [0.3, 0.4) is 0 Å². The van der Waals surface area contributed by atoms with E-state index < -0.39 is 41.0 Å². The van der Waals surface area contributed by atoms with E-state index in [-0.39, 0.29) is 11.3 Å².